The molecule has 4 nitrogen and oxygen atoms in total. The molecule has 0 unspecified atom stereocenters. The maximum Gasteiger partial charge on any atom is 0.133 e. The number of rotatable bonds is 2. The van der Waals surface area contributed by atoms with Crippen molar-refractivity contribution in [1.29, 1.82) is 0 Å². The number of benzene rings is 1. The van der Waals surface area contributed by atoms with Gasteiger partial charge in [-0.05, 0) is 19.2 Å². The van der Waals surface area contributed by atoms with Crippen LogP contribution in [0.25, 0.3) is 10.9 Å². The molecule has 0 atom stereocenters. The lowest BCUT2D eigenvalue weighted by molar-refractivity contribution is 0.312. The first-order valence-corrected chi connectivity index (χ1v) is 6.80. The zero-order valence-corrected chi connectivity index (χ0v) is 11.3. The average molecular weight is 256 g/mol. The Morgan fingerprint density at radius 1 is 1.16 bits per heavy atom. The Balaban J connectivity index is 2.01. The van der Waals surface area contributed by atoms with Crippen LogP contribution in [-0.4, -0.2) is 43.1 Å². The minimum atomic E-state index is 0.541. The summed E-state index contributed by atoms with van der Waals surface area (Å²) in [5.74, 6) is 1.06. The van der Waals surface area contributed by atoms with Crippen LogP contribution in [0.1, 0.15) is 5.56 Å². The minimum Gasteiger partial charge on any atom is -0.354 e. The van der Waals surface area contributed by atoms with E-state index in [1.54, 1.807) is 0 Å². The number of hydrogen-bond donors (Lipinski definition) is 1. The summed E-state index contributed by atoms with van der Waals surface area (Å²) in [6.07, 6.45) is 0. The van der Waals surface area contributed by atoms with Gasteiger partial charge in [0.05, 0.1) is 5.52 Å². The van der Waals surface area contributed by atoms with Crippen molar-refractivity contribution in [2.45, 2.75) is 6.54 Å². The van der Waals surface area contributed by atoms with E-state index in [1.807, 2.05) is 12.1 Å². The van der Waals surface area contributed by atoms with E-state index in [0.29, 0.717) is 6.54 Å². The summed E-state index contributed by atoms with van der Waals surface area (Å²) in [5, 5.41) is 1.17. The topological polar surface area (TPSA) is 45.4 Å². The molecule has 1 fully saturated rings. The lowest BCUT2D eigenvalue weighted by Gasteiger charge is -2.34. The molecule has 1 aromatic carbocycles. The van der Waals surface area contributed by atoms with Gasteiger partial charge < -0.3 is 15.5 Å². The summed E-state index contributed by atoms with van der Waals surface area (Å²) in [4.78, 5) is 9.52. The molecule has 0 amide bonds. The molecule has 0 aliphatic carbocycles. The number of para-hydroxylation sites is 1. The van der Waals surface area contributed by atoms with E-state index in [2.05, 4.69) is 35.0 Å². The highest BCUT2D eigenvalue weighted by atomic mass is 15.3. The van der Waals surface area contributed by atoms with Crippen LogP contribution in [0.15, 0.2) is 30.3 Å². The van der Waals surface area contributed by atoms with Crippen molar-refractivity contribution in [2.24, 2.45) is 5.73 Å². The van der Waals surface area contributed by atoms with Gasteiger partial charge >= 0.3 is 0 Å². The molecule has 1 aliphatic heterocycles. The van der Waals surface area contributed by atoms with E-state index < -0.39 is 0 Å². The molecular formula is C15H20N4. The Kier molecular flexibility index (Phi) is 3.36. The second-order valence-electron chi connectivity index (χ2n) is 5.16. The highest BCUT2D eigenvalue weighted by molar-refractivity contribution is 5.81. The summed E-state index contributed by atoms with van der Waals surface area (Å²) in [6.45, 7) is 4.75. The van der Waals surface area contributed by atoms with Gasteiger partial charge in [0, 0.05) is 43.7 Å². The van der Waals surface area contributed by atoms with Gasteiger partial charge in [0.2, 0.25) is 0 Å². The number of fused-ring (bicyclic) bond motifs is 1. The number of anilines is 1. The van der Waals surface area contributed by atoms with Crippen molar-refractivity contribution in [3.05, 3.63) is 35.9 Å². The number of nitrogens with two attached hydrogens (primary N) is 1. The van der Waals surface area contributed by atoms with E-state index >= 15 is 0 Å². The van der Waals surface area contributed by atoms with Crippen LogP contribution in [-0.2, 0) is 6.54 Å². The first kappa shape index (κ1) is 12.4. The summed E-state index contributed by atoms with van der Waals surface area (Å²) < 4.78 is 0. The molecule has 1 aliphatic rings. The van der Waals surface area contributed by atoms with Crippen molar-refractivity contribution in [1.82, 2.24) is 9.88 Å². The monoisotopic (exact) mass is 256 g/mol. The summed E-state index contributed by atoms with van der Waals surface area (Å²) in [7, 11) is 2.16. The van der Waals surface area contributed by atoms with Gasteiger partial charge in [-0.15, -0.1) is 0 Å². The fraction of sp³-hybridized carbons (Fsp3) is 0.400. The average Bonchev–Trinajstić information content (AvgIpc) is 2.46. The van der Waals surface area contributed by atoms with E-state index in [0.717, 1.165) is 43.1 Å². The van der Waals surface area contributed by atoms with Crippen LogP contribution in [0, 0.1) is 0 Å². The molecule has 19 heavy (non-hydrogen) atoms. The van der Waals surface area contributed by atoms with Gasteiger partial charge in [0.15, 0.2) is 0 Å². The predicted molar refractivity (Wildman–Crippen MR) is 79.3 cm³/mol. The van der Waals surface area contributed by atoms with E-state index in [4.69, 9.17) is 10.7 Å². The van der Waals surface area contributed by atoms with E-state index in [9.17, 15) is 0 Å². The Labute approximate surface area is 113 Å². The van der Waals surface area contributed by atoms with Crippen molar-refractivity contribution >= 4 is 16.7 Å². The molecule has 3 rings (SSSR count). The predicted octanol–water partition coefficient (Wildman–Crippen LogP) is 1.45. The Hall–Kier alpha value is -1.65. The standard InChI is InChI=1S/C15H20N4/c1-18-6-8-19(9-7-18)15-13(11-16)10-12-4-2-3-5-14(12)17-15/h2-5,10H,6-9,11,16H2,1H3. The molecule has 2 N–H and O–H groups in total. The van der Waals surface area contributed by atoms with Crippen LogP contribution in [0.5, 0.6) is 0 Å². The third-order valence-electron chi connectivity index (χ3n) is 3.80. The molecule has 0 spiro atoms. The van der Waals surface area contributed by atoms with Crippen molar-refractivity contribution in [3.8, 4) is 0 Å². The maximum atomic E-state index is 5.90. The Morgan fingerprint density at radius 2 is 1.89 bits per heavy atom. The van der Waals surface area contributed by atoms with Gasteiger partial charge in [0.25, 0.3) is 0 Å². The van der Waals surface area contributed by atoms with E-state index in [-0.39, 0.29) is 0 Å². The van der Waals surface area contributed by atoms with Gasteiger partial charge in [-0.3, -0.25) is 0 Å². The normalized spacial score (nSPS) is 17.1. The highest BCUT2D eigenvalue weighted by Gasteiger charge is 2.18. The number of likely N-dealkylation sites (N-methyl/N-ethyl adjacent to an activating group) is 1. The lowest BCUT2D eigenvalue weighted by Crippen LogP contribution is -2.45. The van der Waals surface area contributed by atoms with Gasteiger partial charge in [-0.2, -0.15) is 0 Å². The SMILES string of the molecule is CN1CCN(c2nc3ccccc3cc2CN)CC1. The lowest BCUT2D eigenvalue weighted by atomic mass is 10.1. The third kappa shape index (κ3) is 2.41. The molecule has 4 heteroatoms. The molecular weight excluding hydrogens is 236 g/mol. The van der Waals surface area contributed by atoms with Gasteiger partial charge in [0.1, 0.15) is 5.82 Å². The van der Waals surface area contributed by atoms with Crippen LogP contribution in [0.4, 0.5) is 5.82 Å². The maximum absolute atomic E-state index is 5.90. The molecule has 0 radical (unpaired) electrons. The second kappa shape index (κ2) is 5.15. The van der Waals surface area contributed by atoms with Gasteiger partial charge in [-0.1, -0.05) is 18.2 Å². The molecule has 2 heterocycles. The van der Waals surface area contributed by atoms with Crippen LogP contribution >= 0.6 is 0 Å². The first-order valence-electron chi connectivity index (χ1n) is 6.80. The zero-order chi connectivity index (χ0) is 13.2. The largest absolute Gasteiger partial charge is 0.354 e. The quantitative estimate of drug-likeness (QED) is 0.883. The van der Waals surface area contributed by atoms with Crippen LogP contribution in [0.3, 0.4) is 0 Å². The highest BCUT2D eigenvalue weighted by Crippen LogP contribution is 2.24. The van der Waals surface area contributed by atoms with Gasteiger partial charge in [-0.25, -0.2) is 4.98 Å². The fourth-order valence-electron chi connectivity index (χ4n) is 2.59. The van der Waals surface area contributed by atoms with Crippen molar-refractivity contribution < 1.29 is 0 Å². The van der Waals surface area contributed by atoms with E-state index in [1.165, 1.54) is 5.39 Å². The third-order valence-corrected chi connectivity index (χ3v) is 3.80. The number of pyridine rings is 1. The summed E-state index contributed by atoms with van der Waals surface area (Å²) >= 11 is 0. The molecule has 2 aromatic rings. The van der Waals surface area contributed by atoms with Crippen LogP contribution < -0.4 is 10.6 Å². The van der Waals surface area contributed by atoms with Crippen molar-refractivity contribution in [2.75, 3.05) is 38.1 Å². The molecule has 0 bridgehead atoms. The number of aromatic nitrogens is 1. The van der Waals surface area contributed by atoms with Crippen molar-refractivity contribution in [3.63, 3.8) is 0 Å². The summed E-state index contributed by atoms with van der Waals surface area (Å²) in [6, 6.07) is 10.4. The first-order chi connectivity index (χ1) is 9.28. The zero-order valence-electron chi connectivity index (χ0n) is 11.3. The summed E-state index contributed by atoms with van der Waals surface area (Å²) in [5.41, 5.74) is 8.09. The van der Waals surface area contributed by atoms with Crippen LogP contribution in [0.2, 0.25) is 0 Å². The second-order valence-corrected chi connectivity index (χ2v) is 5.16. The number of nitrogens with zero attached hydrogens (tertiary/aromatic N) is 3. The molecule has 100 valence electrons. The molecule has 0 saturated carbocycles. The molecule has 1 saturated heterocycles. The minimum absolute atomic E-state index is 0.541. The number of hydrogen-bond acceptors (Lipinski definition) is 4. The number of piperazine rings is 1. The smallest absolute Gasteiger partial charge is 0.133 e. The molecule has 1 aromatic heterocycles. The Morgan fingerprint density at radius 3 is 2.63 bits per heavy atom. The fourth-order valence-corrected chi connectivity index (χ4v) is 2.59. The Bertz CT molecular complexity index is 573.